The van der Waals surface area contributed by atoms with E-state index in [1.807, 2.05) is 31.2 Å². The molecule has 5 heteroatoms. The van der Waals surface area contributed by atoms with Crippen molar-refractivity contribution in [3.05, 3.63) is 24.3 Å². The molecule has 1 aromatic rings. The van der Waals surface area contributed by atoms with Crippen molar-refractivity contribution in [3.63, 3.8) is 0 Å². The van der Waals surface area contributed by atoms with Crippen LogP contribution in [0.2, 0.25) is 0 Å². The molecule has 2 atom stereocenters. The second kappa shape index (κ2) is 9.93. The summed E-state index contributed by atoms with van der Waals surface area (Å²) >= 11 is 0. The third-order valence-electron chi connectivity index (χ3n) is 4.92. The fourth-order valence-corrected chi connectivity index (χ4v) is 3.63. The first-order valence-corrected chi connectivity index (χ1v) is 9.78. The second-order valence-electron chi connectivity index (χ2n) is 7.61. The molecule has 0 radical (unpaired) electrons. The molecule has 1 amide bonds. The van der Waals surface area contributed by atoms with E-state index in [1.54, 1.807) is 0 Å². The molecule has 0 aromatic heterocycles. The average Bonchev–Trinajstić information content (AvgIpc) is 2.60. The van der Waals surface area contributed by atoms with E-state index in [0.29, 0.717) is 19.1 Å². The molecule has 1 aliphatic carbocycles. The molecule has 146 valence electrons. The Balaban J connectivity index is 1.91. The SMILES string of the molecule is CCO[C@]1(C(=O)Nc2ccc(OCCCN(C)C)cc2)CCC[C@@H](C)C1. The van der Waals surface area contributed by atoms with E-state index in [0.717, 1.165) is 43.7 Å². The van der Waals surface area contributed by atoms with Crippen LogP contribution in [-0.4, -0.2) is 50.3 Å². The fourth-order valence-electron chi connectivity index (χ4n) is 3.63. The Hall–Kier alpha value is -1.59. The predicted molar refractivity (Wildman–Crippen MR) is 106 cm³/mol. The summed E-state index contributed by atoms with van der Waals surface area (Å²) < 4.78 is 11.7. The highest BCUT2D eigenvalue weighted by atomic mass is 16.5. The maximum atomic E-state index is 12.9. The van der Waals surface area contributed by atoms with Crippen LogP contribution in [0.4, 0.5) is 5.69 Å². The zero-order valence-electron chi connectivity index (χ0n) is 16.7. The monoisotopic (exact) mass is 362 g/mol. The van der Waals surface area contributed by atoms with Crippen molar-refractivity contribution in [2.75, 3.05) is 39.2 Å². The van der Waals surface area contributed by atoms with E-state index in [9.17, 15) is 4.79 Å². The molecular formula is C21H34N2O3. The largest absolute Gasteiger partial charge is 0.494 e. The molecule has 0 saturated heterocycles. The number of carbonyl (C=O) groups excluding carboxylic acids is 1. The standard InChI is InChI=1S/C21H34N2O3/c1-5-26-21(13-6-8-17(2)16-21)20(24)22-18-9-11-19(12-10-18)25-15-7-14-23(3)4/h9-12,17H,5-8,13-16H2,1-4H3,(H,22,24)/t17-,21-/m1/s1. The molecule has 26 heavy (non-hydrogen) atoms. The van der Waals surface area contributed by atoms with Gasteiger partial charge in [0.1, 0.15) is 11.4 Å². The van der Waals surface area contributed by atoms with Crippen LogP contribution >= 0.6 is 0 Å². The Kier molecular flexibility index (Phi) is 7.91. The first-order valence-electron chi connectivity index (χ1n) is 9.78. The number of anilines is 1. The predicted octanol–water partition coefficient (Wildman–Crippen LogP) is 3.94. The van der Waals surface area contributed by atoms with Gasteiger partial charge in [-0.15, -0.1) is 0 Å². The third kappa shape index (κ3) is 5.99. The van der Waals surface area contributed by atoms with Gasteiger partial charge in [-0.1, -0.05) is 13.3 Å². The van der Waals surface area contributed by atoms with E-state index < -0.39 is 5.60 Å². The average molecular weight is 363 g/mol. The van der Waals surface area contributed by atoms with Crippen LogP contribution < -0.4 is 10.1 Å². The summed E-state index contributed by atoms with van der Waals surface area (Å²) in [4.78, 5) is 15.1. The molecule has 1 saturated carbocycles. The van der Waals surface area contributed by atoms with E-state index in [1.165, 1.54) is 6.42 Å². The Bertz CT molecular complexity index is 555. The van der Waals surface area contributed by atoms with Gasteiger partial charge in [0.25, 0.3) is 5.91 Å². The smallest absolute Gasteiger partial charge is 0.256 e. The minimum absolute atomic E-state index is 0.0226. The third-order valence-corrected chi connectivity index (χ3v) is 4.92. The van der Waals surface area contributed by atoms with Crippen molar-refractivity contribution < 1.29 is 14.3 Å². The molecule has 1 aliphatic rings. The Labute approximate surface area is 158 Å². The normalized spacial score (nSPS) is 23.0. The van der Waals surface area contributed by atoms with E-state index >= 15 is 0 Å². The Morgan fingerprint density at radius 2 is 2.04 bits per heavy atom. The van der Waals surface area contributed by atoms with Gasteiger partial charge in [0, 0.05) is 18.8 Å². The van der Waals surface area contributed by atoms with E-state index in [2.05, 4.69) is 31.2 Å². The van der Waals surface area contributed by atoms with E-state index in [4.69, 9.17) is 9.47 Å². The summed E-state index contributed by atoms with van der Waals surface area (Å²) in [6.07, 6.45) is 4.78. The minimum atomic E-state index is -0.687. The number of amides is 1. The summed E-state index contributed by atoms with van der Waals surface area (Å²) in [5.41, 5.74) is 0.0984. The van der Waals surface area contributed by atoms with Crippen molar-refractivity contribution in [3.8, 4) is 5.75 Å². The number of rotatable bonds is 9. The van der Waals surface area contributed by atoms with Crippen LogP contribution in [0.1, 0.15) is 46.0 Å². The lowest BCUT2D eigenvalue weighted by atomic mass is 9.78. The summed E-state index contributed by atoms with van der Waals surface area (Å²) in [5.74, 6) is 1.32. The summed E-state index contributed by atoms with van der Waals surface area (Å²) in [5, 5.41) is 3.04. The van der Waals surface area contributed by atoms with Gasteiger partial charge in [-0.3, -0.25) is 4.79 Å². The molecular weight excluding hydrogens is 328 g/mol. The number of hydrogen-bond donors (Lipinski definition) is 1. The van der Waals surface area contributed by atoms with E-state index in [-0.39, 0.29) is 5.91 Å². The Morgan fingerprint density at radius 1 is 1.31 bits per heavy atom. The quantitative estimate of drug-likeness (QED) is 0.676. The highest BCUT2D eigenvalue weighted by Crippen LogP contribution is 2.36. The lowest BCUT2D eigenvalue weighted by Gasteiger charge is -2.38. The maximum Gasteiger partial charge on any atom is 0.256 e. The maximum absolute atomic E-state index is 12.9. The number of carbonyl (C=O) groups is 1. The van der Waals surface area contributed by atoms with Gasteiger partial charge >= 0.3 is 0 Å². The minimum Gasteiger partial charge on any atom is -0.494 e. The van der Waals surface area contributed by atoms with Crippen molar-refractivity contribution in [2.45, 2.75) is 51.6 Å². The molecule has 1 N–H and O–H groups in total. The molecule has 1 fully saturated rings. The zero-order valence-corrected chi connectivity index (χ0v) is 16.7. The van der Waals surface area contributed by atoms with Crippen molar-refractivity contribution >= 4 is 11.6 Å². The van der Waals surface area contributed by atoms with Gasteiger partial charge in [-0.05, 0) is 76.9 Å². The number of ether oxygens (including phenoxy) is 2. The molecule has 0 spiro atoms. The molecule has 0 heterocycles. The van der Waals surface area contributed by atoms with Crippen LogP contribution in [-0.2, 0) is 9.53 Å². The summed E-state index contributed by atoms with van der Waals surface area (Å²) in [7, 11) is 4.11. The first-order chi connectivity index (χ1) is 12.4. The van der Waals surface area contributed by atoms with Crippen LogP contribution in [0.15, 0.2) is 24.3 Å². The van der Waals surface area contributed by atoms with Crippen molar-refractivity contribution in [1.82, 2.24) is 4.90 Å². The topological polar surface area (TPSA) is 50.8 Å². The first kappa shape index (κ1) is 20.7. The lowest BCUT2D eigenvalue weighted by Crippen LogP contribution is -2.48. The lowest BCUT2D eigenvalue weighted by molar-refractivity contribution is -0.147. The van der Waals surface area contributed by atoms with Gasteiger partial charge in [0.2, 0.25) is 0 Å². The van der Waals surface area contributed by atoms with Crippen LogP contribution in [0, 0.1) is 5.92 Å². The molecule has 5 nitrogen and oxygen atoms in total. The molecule has 0 bridgehead atoms. The number of benzene rings is 1. The van der Waals surface area contributed by atoms with Crippen molar-refractivity contribution in [2.24, 2.45) is 5.92 Å². The van der Waals surface area contributed by atoms with Crippen LogP contribution in [0.5, 0.6) is 5.75 Å². The summed E-state index contributed by atoms with van der Waals surface area (Å²) in [6.45, 7) is 6.40. The summed E-state index contributed by atoms with van der Waals surface area (Å²) in [6, 6.07) is 7.60. The van der Waals surface area contributed by atoms with Gasteiger partial charge in [0.05, 0.1) is 6.61 Å². The second-order valence-corrected chi connectivity index (χ2v) is 7.61. The van der Waals surface area contributed by atoms with Gasteiger partial charge in [-0.25, -0.2) is 0 Å². The molecule has 0 unspecified atom stereocenters. The molecule has 2 rings (SSSR count). The highest BCUT2D eigenvalue weighted by Gasteiger charge is 2.42. The molecule has 1 aromatic carbocycles. The van der Waals surface area contributed by atoms with Crippen LogP contribution in [0.25, 0.3) is 0 Å². The number of nitrogens with one attached hydrogen (secondary N) is 1. The number of nitrogens with zero attached hydrogens (tertiary/aromatic N) is 1. The zero-order chi connectivity index (χ0) is 19.0. The van der Waals surface area contributed by atoms with Gasteiger partial charge in [-0.2, -0.15) is 0 Å². The van der Waals surface area contributed by atoms with Crippen LogP contribution in [0.3, 0.4) is 0 Å². The van der Waals surface area contributed by atoms with Crippen molar-refractivity contribution in [1.29, 1.82) is 0 Å². The Morgan fingerprint density at radius 3 is 2.65 bits per heavy atom. The van der Waals surface area contributed by atoms with Gasteiger partial charge < -0.3 is 19.7 Å². The number of hydrogen-bond acceptors (Lipinski definition) is 4. The highest BCUT2D eigenvalue weighted by molar-refractivity contribution is 5.97. The van der Waals surface area contributed by atoms with Gasteiger partial charge in [0.15, 0.2) is 0 Å². The fraction of sp³-hybridized carbons (Fsp3) is 0.667. The molecule has 0 aliphatic heterocycles.